The molecule has 0 aliphatic heterocycles. The molecule has 29 heavy (non-hydrogen) atoms. The Labute approximate surface area is 165 Å². The van der Waals surface area contributed by atoms with Gasteiger partial charge in [-0.05, 0) is 25.0 Å². The topological polar surface area (TPSA) is 85.4 Å². The molecule has 156 valence electrons. The Morgan fingerprint density at radius 1 is 1.14 bits per heavy atom. The maximum absolute atomic E-state index is 13.3. The first-order valence-corrected chi connectivity index (χ1v) is 9.06. The lowest BCUT2D eigenvalue weighted by Gasteiger charge is -2.16. The number of hydrogen-bond acceptors (Lipinski definition) is 7. The van der Waals surface area contributed by atoms with E-state index in [4.69, 9.17) is 4.74 Å². The number of benzene rings is 1. The van der Waals surface area contributed by atoms with E-state index in [9.17, 15) is 18.0 Å². The molecule has 2 N–H and O–H groups in total. The van der Waals surface area contributed by atoms with Crippen LogP contribution in [0.2, 0.25) is 0 Å². The van der Waals surface area contributed by atoms with Gasteiger partial charge < -0.3 is 20.1 Å². The van der Waals surface area contributed by atoms with Crippen LogP contribution in [-0.4, -0.2) is 36.2 Å². The third-order valence-corrected chi connectivity index (χ3v) is 4.58. The largest absolute Gasteiger partial charge is 0.496 e. The average molecular weight is 410 g/mol. The summed E-state index contributed by atoms with van der Waals surface area (Å²) in [5, 5.41) is 5.80. The maximum atomic E-state index is 13.3. The molecule has 0 atom stereocenters. The van der Waals surface area contributed by atoms with E-state index >= 15 is 0 Å². The highest BCUT2D eigenvalue weighted by Gasteiger charge is 2.34. The molecule has 7 nitrogen and oxygen atoms in total. The van der Waals surface area contributed by atoms with Crippen molar-refractivity contribution in [1.29, 1.82) is 0 Å². The number of anilines is 3. The van der Waals surface area contributed by atoms with Crippen LogP contribution in [-0.2, 0) is 10.9 Å². The van der Waals surface area contributed by atoms with Crippen molar-refractivity contribution in [3.05, 3.63) is 35.5 Å². The van der Waals surface area contributed by atoms with E-state index in [1.54, 1.807) is 0 Å². The number of halogens is 3. The Morgan fingerprint density at radius 2 is 1.86 bits per heavy atom. The summed E-state index contributed by atoms with van der Waals surface area (Å²) in [5.74, 6) is -0.470. The second-order valence-electron chi connectivity index (χ2n) is 6.62. The number of rotatable bonds is 6. The third-order valence-electron chi connectivity index (χ3n) is 4.58. The maximum Gasteiger partial charge on any atom is 0.433 e. The van der Waals surface area contributed by atoms with Crippen molar-refractivity contribution in [2.24, 2.45) is 0 Å². The standard InChI is InChI=1S/C19H21F3N4O3/c1-28-14-9-12(7-8-13(14)17(27)29-2)23-16-10-15(19(20,21)22)25-18(26-16)24-11-5-3-4-6-11/h7-11H,3-6H2,1-2H3,(H2,23,24,25,26). The first kappa shape index (κ1) is 20.7. The molecule has 1 aromatic carbocycles. The van der Waals surface area contributed by atoms with E-state index < -0.39 is 17.8 Å². The van der Waals surface area contributed by atoms with Crippen LogP contribution >= 0.6 is 0 Å². The summed E-state index contributed by atoms with van der Waals surface area (Å²) in [6, 6.07) is 5.35. The normalized spacial score (nSPS) is 14.5. The van der Waals surface area contributed by atoms with Crippen molar-refractivity contribution < 1.29 is 27.4 Å². The summed E-state index contributed by atoms with van der Waals surface area (Å²) < 4.78 is 49.7. The van der Waals surface area contributed by atoms with Gasteiger partial charge in [-0.1, -0.05) is 12.8 Å². The van der Waals surface area contributed by atoms with Crippen LogP contribution in [0.1, 0.15) is 41.7 Å². The minimum Gasteiger partial charge on any atom is -0.496 e. The number of nitrogens with one attached hydrogen (secondary N) is 2. The summed E-state index contributed by atoms with van der Waals surface area (Å²) in [6.45, 7) is 0. The molecule has 0 spiro atoms. The second-order valence-corrected chi connectivity index (χ2v) is 6.62. The summed E-state index contributed by atoms with van der Waals surface area (Å²) >= 11 is 0. The van der Waals surface area contributed by atoms with Gasteiger partial charge in [0.2, 0.25) is 5.95 Å². The molecule has 3 rings (SSSR count). The van der Waals surface area contributed by atoms with Gasteiger partial charge in [-0.15, -0.1) is 0 Å². The van der Waals surface area contributed by atoms with Crippen LogP contribution < -0.4 is 15.4 Å². The van der Waals surface area contributed by atoms with Crippen molar-refractivity contribution in [2.45, 2.75) is 37.9 Å². The Bertz CT molecular complexity index is 883. The SMILES string of the molecule is COC(=O)c1ccc(Nc2cc(C(F)(F)F)nc(NC3CCCC3)n2)cc1OC. The minimum atomic E-state index is -4.61. The van der Waals surface area contributed by atoms with Crippen LogP contribution in [0.4, 0.5) is 30.6 Å². The molecule has 0 bridgehead atoms. The highest BCUT2D eigenvalue weighted by Crippen LogP contribution is 2.32. The van der Waals surface area contributed by atoms with Crippen LogP contribution in [0, 0.1) is 0 Å². The molecule has 0 amide bonds. The van der Waals surface area contributed by atoms with Gasteiger partial charge in [-0.2, -0.15) is 18.2 Å². The second kappa shape index (κ2) is 8.54. The van der Waals surface area contributed by atoms with Crippen LogP contribution in [0.15, 0.2) is 24.3 Å². The molecular weight excluding hydrogens is 389 g/mol. The summed E-state index contributed by atoms with van der Waals surface area (Å²) in [5.41, 5.74) is -0.454. The van der Waals surface area contributed by atoms with E-state index in [2.05, 4.69) is 25.3 Å². The number of alkyl halides is 3. The van der Waals surface area contributed by atoms with Gasteiger partial charge in [-0.3, -0.25) is 0 Å². The highest BCUT2D eigenvalue weighted by molar-refractivity contribution is 5.93. The van der Waals surface area contributed by atoms with Gasteiger partial charge in [0.1, 0.15) is 17.1 Å². The van der Waals surface area contributed by atoms with Crippen molar-refractivity contribution in [1.82, 2.24) is 9.97 Å². The van der Waals surface area contributed by atoms with E-state index in [0.29, 0.717) is 5.69 Å². The van der Waals surface area contributed by atoms with Gasteiger partial charge in [0, 0.05) is 23.9 Å². The number of nitrogens with zero attached hydrogens (tertiary/aromatic N) is 2. The van der Waals surface area contributed by atoms with Crippen molar-refractivity contribution in [3.8, 4) is 5.75 Å². The number of aromatic nitrogens is 2. The Kier molecular flexibility index (Phi) is 6.09. The number of ether oxygens (including phenoxy) is 2. The van der Waals surface area contributed by atoms with Gasteiger partial charge in [0.15, 0.2) is 5.69 Å². The molecule has 0 unspecified atom stereocenters. The first-order chi connectivity index (χ1) is 13.8. The average Bonchev–Trinajstić information content (AvgIpc) is 3.19. The highest BCUT2D eigenvalue weighted by atomic mass is 19.4. The van der Waals surface area contributed by atoms with Crippen molar-refractivity contribution in [3.63, 3.8) is 0 Å². The fourth-order valence-electron chi connectivity index (χ4n) is 3.17. The molecule has 1 saturated carbocycles. The van der Waals surface area contributed by atoms with Gasteiger partial charge >= 0.3 is 12.1 Å². The molecule has 0 saturated heterocycles. The van der Waals surface area contributed by atoms with Gasteiger partial charge in [-0.25, -0.2) is 9.78 Å². The van der Waals surface area contributed by atoms with E-state index in [0.717, 1.165) is 31.7 Å². The van der Waals surface area contributed by atoms with Gasteiger partial charge in [0.25, 0.3) is 0 Å². The lowest BCUT2D eigenvalue weighted by Crippen LogP contribution is -2.19. The Balaban J connectivity index is 1.90. The lowest BCUT2D eigenvalue weighted by atomic mass is 10.2. The first-order valence-electron chi connectivity index (χ1n) is 9.06. The molecule has 0 radical (unpaired) electrons. The zero-order valence-electron chi connectivity index (χ0n) is 16.0. The zero-order valence-corrected chi connectivity index (χ0v) is 16.0. The number of esters is 1. The number of hydrogen-bond donors (Lipinski definition) is 2. The fraction of sp³-hybridized carbons (Fsp3) is 0.421. The Morgan fingerprint density at radius 3 is 2.48 bits per heavy atom. The van der Waals surface area contributed by atoms with Crippen LogP contribution in [0.25, 0.3) is 0 Å². The summed E-state index contributed by atoms with van der Waals surface area (Å²) in [4.78, 5) is 19.5. The van der Waals surface area contributed by atoms with E-state index in [1.165, 1.54) is 32.4 Å². The molecule has 1 aliphatic rings. The van der Waals surface area contributed by atoms with E-state index in [-0.39, 0.29) is 29.1 Å². The molecular formula is C19H21F3N4O3. The predicted octanol–water partition coefficient (Wildman–Crippen LogP) is 4.39. The molecule has 10 heteroatoms. The quantitative estimate of drug-likeness (QED) is 0.683. The molecule has 1 heterocycles. The summed E-state index contributed by atoms with van der Waals surface area (Å²) in [7, 11) is 2.62. The minimum absolute atomic E-state index is 0.0271. The van der Waals surface area contributed by atoms with Crippen LogP contribution in [0.5, 0.6) is 5.75 Å². The van der Waals surface area contributed by atoms with E-state index in [1.807, 2.05) is 0 Å². The lowest BCUT2D eigenvalue weighted by molar-refractivity contribution is -0.141. The molecule has 1 aliphatic carbocycles. The smallest absolute Gasteiger partial charge is 0.433 e. The molecule has 2 aromatic rings. The fourth-order valence-corrected chi connectivity index (χ4v) is 3.17. The predicted molar refractivity (Wildman–Crippen MR) is 101 cm³/mol. The van der Waals surface area contributed by atoms with Crippen LogP contribution in [0.3, 0.4) is 0 Å². The number of carbonyl (C=O) groups excluding carboxylic acids is 1. The van der Waals surface area contributed by atoms with Crippen molar-refractivity contribution in [2.75, 3.05) is 24.9 Å². The Hall–Kier alpha value is -3.04. The van der Waals surface area contributed by atoms with Crippen molar-refractivity contribution >= 4 is 23.4 Å². The monoisotopic (exact) mass is 410 g/mol. The molecule has 1 fully saturated rings. The zero-order chi connectivity index (χ0) is 21.0. The van der Waals surface area contributed by atoms with Gasteiger partial charge in [0.05, 0.1) is 14.2 Å². The molecule has 1 aromatic heterocycles. The third kappa shape index (κ3) is 5.07. The number of carbonyl (C=O) groups is 1. The number of methoxy groups -OCH3 is 2. The summed E-state index contributed by atoms with van der Waals surface area (Å²) in [6.07, 6.45) is -0.830.